The summed E-state index contributed by atoms with van der Waals surface area (Å²) in [6, 6.07) is 7.39. The SMILES string of the molecule is CC1=NN(C(=O)COc2ccccc2C)C(=O)C1. The lowest BCUT2D eigenvalue weighted by Crippen LogP contribution is -2.32. The highest BCUT2D eigenvalue weighted by molar-refractivity contribution is 6.10. The maximum absolute atomic E-state index is 11.8. The van der Waals surface area contributed by atoms with Crippen LogP contribution in [0.1, 0.15) is 18.9 Å². The Morgan fingerprint density at radius 1 is 1.39 bits per heavy atom. The molecule has 5 heteroatoms. The number of imide groups is 1. The lowest BCUT2D eigenvalue weighted by atomic mass is 10.2. The zero-order chi connectivity index (χ0) is 13.1. The molecule has 1 aromatic carbocycles. The van der Waals surface area contributed by atoms with E-state index >= 15 is 0 Å². The Morgan fingerprint density at radius 3 is 2.72 bits per heavy atom. The number of para-hydroxylation sites is 1. The number of hydrazone groups is 1. The first kappa shape index (κ1) is 12.3. The first-order valence-corrected chi connectivity index (χ1v) is 5.66. The predicted octanol–water partition coefficient (Wildman–Crippen LogP) is 1.51. The summed E-state index contributed by atoms with van der Waals surface area (Å²) in [4.78, 5) is 23.2. The van der Waals surface area contributed by atoms with E-state index in [1.165, 1.54) is 0 Å². The molecule has 0 saturated carbocycles. The number of hydrogen-bond acceptors (Lipinski definition) is 4. The third-order valence-corrected chi connectivity index (χ3v) is 2.59. The largest absolute Gasteiger partial charge is 0.483 e. The molecule has 0 atom stereocenters. The van der Waals surface area contributed by atoms with Gasteiger partial charge >= 0.3 is 0 Å². The summed E-state index contributed by atoms with van der Waals surface area (Å²) in [5, 5.41) is 4.76. The van der Waals surface area contributed by atoms with Gasteiger partial charge in [0.2, 0.25) is 0 Å². The van der Waals surface area contributed by atoms with Gasteiger partial charge in [-0.05, 0) is 25.5 Å². The minimum Gasteiger partial charge on any atom is -0.483 e. The smallest absolute Gasteiger partial charge is 0.287 e. The van der Waals surface area contributed by atoms with Crippen molar-refractivity contribution in [1.29, 1.82) is 0 Å². The zero-order valence-corrected chi connectivity index (χ0v) is 10.3. The van der Waals surface area contributed by atoms with Gasteiger partial charge in [0, 0.05) is 5.71 Å². The van der Waals surface area contributed by atoms with Crippen LogP contribution in [0.2, 0.25) is 0 Å². The van der Waals surface area contributed by atoms with Crippen molar-refractivity contribution in [2.24, 2.45) is 5.10 Å². The van der Waals surface area contributed by atoms with E-state index in [0.717, 1.165) is 10.6 Å². The number of carbonyl (C=O) groups excluding carboxylic acids is 2. The fraction of sp³-hybridized carbons (Fsp3) is 0.308. The van der Waals surface area contributed by atoms with Crippen LogP contribution in [0.4, 0.5) is 0 Å². The van der Waals surface area contributed by atoms with Crippen LogP contribution in [-0.4, -0.2) is 29.1 Å². The van der Waals surface area contributed by atoms with Crippen LogP contribution in [0.5, 0.6) is 5.75 Å². The highest BCUT2D eigenvalue weighted by Gasteiger charge is 2.27. The molecule has 1 heterocycles. The van der Waals surface area contributed by atoms with Crippen LogP contribution < -0.4 is 4.74 Å². The molecule has 2 amide bonds. The first-order chi connectivity index (χ1) is 8.58. The second-order valence-corrected chi connectivity index (χ2v) is 4.17. The zero-order valence-electron chi connectivity index (χ0n) is 10.3. The molecule has 2 rings (SSSR count). The second kappa shape index (κ2) is 5.00. The summed E-state index contributed by atoms with van der Waals surface area (Å²) >= 11 is 0. The summed E-state index contributed by atoms with van der Waals surface area (Å²) in [5.41, 5.74) is 1.59. The molecule has 0 saturated heterocycles. The van der Waals surface area contributed by atoms with Crippen LogP contribution in [0.25, 0.3) is 0 Å². The van der Waals surface area contributed by atoms with Crippen molar-refractivity contribution in [2.75, 3.05) is 6.61 Å². The molecule has 5 nitrogen and oxygen atoms in total. The molecule has 1 aliphatic rings. The van der Waals surface area contributed by atoms with E-state index in [0.29, 0.717) is 11.5 Å². The Morgan fingerprint density at radius 2 is 2.11 bits per heavy atom. The van der Waals surface area contributed by atoms with Crippen molar-refractivity contribution in [3.05, 3.63) is 29.8 Å². The predicted molar refractivity (Wildman–Crippen MR) is 66.3 cm³/mol. The van der Waals surface area contributed by atoms with Gasteiger partial charge in [-0.25, -0.2) is 0 Å². The van der Waals surface area contributed by atoms with E-state index in [2.05, 4.69) is 5.10 Å². The highest BCUT2D eigenvalue weighted by Crippen LogP contribution is 2.16. The number of rotatable bonds is 3. The molecular weight excluding hydrogens is 232 g/mol. The molecule has 0 radical (unpaired) electrons. The molecule has 0 N–H and O–H groups in total. The lowest BCUT2D eigenvalue weighted by molar-refractivity contribution is -0.144. The van der Waals surface area contributed by atoms with Crippen LogP contribution in [0.3, 0.4) is 0 Å². The Hall–Kier alpha value is -2.17. The number of hydrogen-bond donors (Lipinski definition) is 0. The Kier molecular flexibility index (Phi) is 3.41. The van der Waals surface area contributed by atoms with Crippen molar-refractivity contribution in [3.63, 3.8) is 0 Å². The van der Waals surface area contributed by atoms with E-state index < -0.39 is 5.91 Å². The van der Waals surface area contributed by atoms with Crippen molar-refractivity contribution in [1.82, 2.24) is 5.01 Å². The van der Waals surface area contributed by atoms with Gasteiger partial charge in [-0.2, -0.15) is 10.1 Å². The van der Waals surface area contributed by atoms with Crippen LogP contribution in [0, 0.1) is 6.92 Å². The first-order valence-electron chi connectivity index (χ1n) is 5.66. The minimum atomic E-state index is -0.444. The average Bonchev–Trinajstić information content (AvgIpc) is 2.67. The molecule has 0 unspecified atom stereocenters. The fourth-order valence-corrected chi connectivity index (χ4v) is 1.67. The van der Waals surface area contributed by atoms with Crippen molar-refractivity contribution in [2.45, 2.75) is 20.3 Å². The maximum Gasteiger partial charge on any atom is 0.287 e. The van der Waals surface area contributed by atoms with E-state index in [1.807, 2.05) is 25.1 Å². The van der Waals surface area contributed by atoms with E-state index in [4.69, 9.17) is 4.74 Å². The van der Waals surface area contributed by atoms with Gasteiger partial charge in [-0.1, -0.05) is 18.2 Å². The molecular formula is C13H14N2O3. The summed E-state index contributed by atoms with van der Waals surface area (Å²) in [5.74, 6) is -0.107. The summed E-state index contributed by atoms with van der Waals surface area (Å²) in [6.07, 6.45) is 0.204. The van der Waals surface area contributed by atoms with Gasteiger partial charge in [-0.15, -0.1) is 0 Å². The van der Waals surface area contributed by atoms with E-state index in [-0.39, 0.29) is 18.9 Å². The lowest BCUT2D eigenvalue weighted by Gasteiger charge is -2.12. The monoisotopic (exact) mass is 246 g/mol. The van der Waals surface area contributed by atoms with Gasteiger partial charge in [0.25, 0.3) is 11.8 Å². The molecule has 0 spiro atoms. The number of carbonyl (C=O) groups is 2. The van der Waals surface area contributed by atoms with Crippen LogP contribution in [0.15, 0.2) is 29.4 Å². The van der Waals surface area contributed by atoms with Gasteiger partial charge in [-0.3, -0.25) is 9.59 Å². The quantitative estimate of drug-likeness (QED) is 0.812. The molecule has 1 aromatic rings. The summed E-state index contributed by atoms with van der Waals surface area (Å²) in [6.45, 7) is 3.42. The van der Waals surface area contributed by atoms with Crippen molar-refractivity contribution in [3.8, 4) is 5.75 Å². The number of amides is 2. The van der Waals surface area contributed by atoms with Gasteiger partial charge in [0.1, 0.15) is 5.75 Å². The summed E-state index contributed by atoms with van der Waals surface area (Å²) < 4.78 is 5.38. The average molecular weight is 246 g/mol. The number of nitrogens with zero attached hydrogens (tertiary/aromatic N) is 2. The highest BCUT2D eigenvalue weighted by atomic mass is 16.5. The molecule has 0 aliphatic carbocycles. The van der Waals surface area contributed by atoms with Crippen molar-refractivity contribution < 1.29 is 14.3 Å². The molecule has 0 aromatic heterocycles. The third kappa shape index (κ3) is 2.56. The second-order valence-electron chi connectivity index (χ2n) is 4.17. The molecule has 18 heavy (non-hydrogen) atoms. The number of aryl methyl sites for hydroxylation is 1. The fourth-order valence-electron chi connectivity index (χ4n) is 1.67. The number of benzene rings is 1. The molecule has 0 fully saturated rings. The Labute approximate surface area is 105 Å². The minimum absolute atomic E-state index is 0.187. The standard InChI is InChI=1S/C13H14N2O3/c1-9-5-3-4-6-11(9)18-8-13(17)15-12(16)7-10(2)14-15/h3-6H,7-8H2,1-2H3. The normalized spacial score (nSPS) is 14.7. The van der Waals surface area contributed by atoms with Gasteiger partial charge in [0.05, 0.1) is 6.42 Å². The van der Waals surface area contributed by atoms with E-state index in [1.54, 1.807) is 13.0 Å². The number of ether oxygens (including phenoxy) is 1. The maximum atomic E-state index is 11.8. The third-order valence-electron chi connectivity index (χ3n) is 2.59. The van der Waals surface area contributed by atoms with E-state index in [9.17, 15) is 9.59 Å². The topological polar surface area (TPSA) is 59.0 Å². The van der Waals surface area contributed by atoms with Crippen molar-refractivity contribution >= 4 is 17.5 Å². The van der Waals surface area contributed by atoms with Crippen LogP contribution >= 0.6 is 0 Å². The van der Waals surface area contributed by atoms with Crippen LogP contribution in [-0.2, 0) is 9.59 Å². The Bertz CT molecular complexity index is 523. The van der Waals surface area contributed by atoms with Gasteiger partial charge in [0.15, 0.2) is 6.61 Å². The summed E-state index contributed by atoms with van der Waals surface area (Å²) in [7, 11) is 0. The molecule has 1 aliphatic heterocycles. The van der Waals surface area contributed by atoms with Gasteiger partial charge < -0.3 is 4.74 Å². The molecule has 94 valence electrons. The molecule has 0 bridgehead atoms. The Balaban J connectivity index is 1.97.